The quantitative estimate of drug-likeness (QED) is 0.325. The van der Waals surface area contributed by atoms with E-state index in [1.54, 1.807) is 0 Å². The van der Waals surface area contributed by atoms with Gasteiger partial charge in [-0.25, -0.2) is 9.57 Å². The largest absolute Gasteiger partial charge is 1.00 e. The van der Waals surface area contributed by atoms with Crippen LogP contribution in [0, 0.1) is 0 Å². The Bertz CT molecular complexity index is 1450. The van der Waals surface area contributed by atoms with Crippen LogP contribution in [0.15, 0.2) is 65.7 Å². The summed E-state index contributed by atoms with van der Waals surface area (Å²) in [6.07, 6.45) is 0. The van der Waals surface area contributed by atoms with Gasteiger partial charge in [-0.15, -0.1) is 11.3 Å². The summed E-state index contributed by atoms with van der Waals surface area (Å²) >= 11 is 1.85. The highest BCUT2D eigenvalue weighted by molar-refractivity contribution is 7.21. The summed E-state index contributed by atoms with van der Waals surface area (Å²) in [7, 11) is 8.35. The lowest BCUT2D eigenvalue weighted by atomic mass is 9.92. The van der Waals surface area contributed by atoms with E-state index in [9.17, 15) is 0 Å². The highest BCUT2D eigenvalue weighted by Crippen LogP contribution is 2.45. The summed E-state index contributed by atoms with van der Waals surface area (Å²) in [4.78, 5) is 8.19. The van der Waals surface area contributed by atoms with Gasteiger partial charge in [0, 0.05) is 58.0 Å². The van der Waals surface area contributed by atoms with Crippen LogP contribution >= 0.6 is 11.3 Å². The number of halogens is 1. The van der Waals surface area contributed by atoms with Crippen LogP contribution in [0.3, 0.4) is 0 Å². The first-order valence-electron chi connectivity index (χ1n) is 11.2. The van der Waals surface area contributed by atoms with Crippen LogP contribution in [0.25, 0.3) is 31.7 Å². The van der Waals surface area contributed by atoms with E-state index in [0.717, 1.165) is 17.0 Å². The Kier molecular flexibility index (Phi) is 6.45. The molecule has 2 aliphatic heterocycles. The Balaban J connectivity index is 0.00000274. The van der Waals surface area contributed by atoms with E-state index < -0.39 is 0 Å². The van der Waals surface area contributed by atoms with Crippen LogP contribution in [0.5, 0.6) is 0 Å². The fourth-order valence-electron chi connectivity index (χ4n) is 4.33. The second-order valence-electron chi connectivity index (χ2n) is 9.66. The van der Waals surface area contributed by atoms with Crippen molar-refractivity contribution in [1.82, 2.24) is 4.58 Å². The Hall–Kier alpha value is -2.89. The zero-order valence-electron chi connectivity index (χ0n) is 20.5. The molecule has 176 valence electrons. The number of fused-ring (bicyclic) bond motifs is 2. The molecule has 0 amide bonds. The van der Waals surface area contributed by atoms with Crippen molar-refractivity contribution in [2.75, 3.05) is 39.6 Å². The number of ether oxygens (including phenoxy) is 1. The Morgan fingerprint density at radius 3 is 2.32 bits per heavy atom. The van der Waals surface area contributed by atoms with E-state index in [1.807, 2.05) is 11.3 Å². The standard InChI is InChI=1S/C28H30N3OS.ClH/c1-28(2)17-29-27(32-28)21-10-8-7-9-20(21)26-22-13-11-18(30(3)4)15-24(22)33-25-16-19(31(5)6)12-14-23(25)26;/h7-16H,17H2,1-6H3;1H/q+1;/p-1. The first-order valence-corrected chi connectivity index (χ1v) is 12.1. The average molecular weight is 492 g/mol. The van der Waals surface area contributed by atoms with Crippen molar-refractivity contribution >= 4 is 33.0 Å². The molecule has 2 aromatic carbocycles. The zero-order valence-corrected chi connectivity index (χ0v) is 22.1. The molecule has 0 atom stereocenters. The van der Waals surface area contributed by atoms with Crippen LogP contribution in [-0.2, 0) is 4.74 Å². The molecule has 0 bridgehead atoms. The monoisotopic (exact) mass is 491 g/mol. The summed E-state index contributed by atoms with van der Waals surface area (Å²) in [5.41, 5.74) is 5.63. The molecule has 4 nitrogen and oxygen atoms in total. The minimum absolute atomic E-state index is 0. The SMILES string of the molecule is CN(C)c1ccc2c(-c3ccccc3C3=NCC(C)(C)O3)c3ccc(=[N+](C)C)cc-3sc2c1.[Cl-]. The summed E-state index contributed by atoms with van der Waals surface area (Å²) < 4.78 is 9.69. The lowest BCUT2D eigenvalue weighted by Gasteiger charge is -2.21. The molecular formula is C28H30ClN3OS. The summed E-state index contributed by atoms with van der Waals surface area (Å²) in [5.74, 6) is 0.735. The number of benzene rings is 3. The molecule has 0 saturated heterocycles. The Morgan fingerprint density at radius 1 is 0.941 bits per heavy atom. The fraction of sp³-hybridized carbons (Fsp3) is 0.286. The van der Waals surface area contributed by atoms with Crippen molar-refractivity contribution in [2.45, 2.75) is 19.4 Å². The van der Waals surface area contributed by atoms with Crippen LogP contribution in [0.1, 0.15) is 19.4 Å². The molecule has 2 heterocycles. The van der Waals surface area contributed by atoms with Crippen molar-refractivity contribution in [3.63, 3.8) is 0 Å². The Labute approximate surface area is 211 Å². The Morgan fingerprint density at radius 2 is 1.68 bits per heavy atom. The van der Waals surface area contributed by atoms with Crippen LogP contribution in [0.2, 0.25) is 0 Å². The number of hydrogen-bond acceptors (Lipinski definition) is 4. The molecular weight excluding hydrogens is 462 g/mol. The van der Waals surface area contributed by atoms with E-state index >= 15 is 0 Å². The lowest BCUT2D eigenvalue weighted by Crippen LogP contribution is -3.00. The van der Waals surface area contributed by atoms with E-state index in [-0.39, 0.29) is 18.0 Å². The molecule has 34 heavy (non-hydrogen) atoms. The van der Waals surface area contributed by atoms with E-state index in [4.69, 9.17) is 9.73 Å². The van der Waals surface area contributed by atoms with E-state index in [2.05, 4.69) is 112 Å². The van der Waals surface area contributed by atoms with Gasteiger partial charge < -0.3 is 22.0 Å². The molecule has 0 fully saturated rings. The molecule has 1 aliphatic carbocycles. The molecule has 5 rings (SSSR count). The minimum atomic E-state index is -0.271. The van der Waals surface area contributed by atoms with Gasteiger partial charge in [-0.3, -0.25) is 0 Å². The topological polar surface area (TPSA) is 27.8 Å². The van der Waals surface area contributed by atoms with Crippen molar-refractivity contribution in [3.8, 4) is 21.6 Å². The predicted molar refractivity (Wildman–Crippen MR) is 142 cm³/mol. The van der Waals surface area contributed by atoms with Crippen molar-refractivity contribution in [1.29, 1.82) is 0 Å². The van der Waals surface area contributed by atoms with Gasteiger partial charge in [0.25, 0.3) is 0 Å². The van der Waals surface area contributed by atoms with Gasteiger partial charge in [-0.05, 0) is 49.2 Å². The van der Waals surface area contributed by atoms with Crippen LogP contribution in [-0.4, -0.2) is 46.2 Å². The molecule has 0 aromatic heterocycles. The number of aliphatic imine (C=N–C) groups is 1. The number of anilines is 1. The number of hydrogen-bond donors (Lipinski definition) is 0. The third-order valence-electron chi connectivity index (χ3n) is 6.12. The lowest BCUT2D eigenvalue weighted by molar-refractivity contribution is -0.0000101. The maximum Gasteiger partial charge on any atom is 0.217 e. The maximum absolute atomic E-state index is 6.26. The smallest absolute Gasteiger partial charge is 0.217 e. The molecule has 0 N–H and O–H groups in total. The molecule has 6 heteroatoms. The first kappa shape index (κ1) is 24.2. The van der Waals surface area contributed by atoms with Gasteiger partial charge in [0.15, 0.2) is 0 Å². The molecule has 2 aromatic rings. The molecule has 0 unspecified atom stereocenters. The zero-order chi connectivity index (χ0) is 23.3. The minimum Gasteiger partial charge on any atom is -1.00 e. The third kappa shape index (κ3) is 4.30. The van der Waals surface area contributed by atoms with Crippen molar-refractivity contribution in [3.05, 3.63) is 71.6 Å². The van der Waals surface area contributed by atoms with E-state index in [0.29, 0.717) is 6.54 Å². The van der Waals surface area contributed by atoms with Gasteiger partial charge in [0.1, 0.15) is 19.7 Å². The third-order valence-corrected chi connectivity index (χ3v) is 7.24. The highest BCUT2D eigenvalue weighted by Gasteiger charge is 2.30. The maximum atomic E-state index is 6.26. The van der Waals surface area contributed by atoms with Crippen LogP contribution < -0.4 is 27.2 Å². The van der Waals surface area contributed by atoms with Gasteiger partial charge in [-0.1, -0.05) is 24.3 Å². The average Bonchev–Trinajstić information content (AvgIpc) is 3.16. The second kappa shape index (κ2) is 9.05. The first-order chi connectivity index (χ1) is 15.7. The second-order valence-corrected chi connectivity index (χ2v) is 10.7. The van der Waals surface area contributed by atoms with Gasteiger partial charge in [-0.2, -0.15) is 0 Å². The molecule has 0 radical (unpaired) electrons. The van der Waals surface area contributed by atoms with Crippen molar-refractivity contribution in [2.24, 2.45) is 4.99 Å². The molecule has 0 spiro atoms. The number of rotatable bonds is 3. The van der Waals surface area contributed by atoms with Gasteiger partial charge >= 0.3 is 0 Å². The van der Waals surface area contributed by atoms with Gasteiger partial charge in [0.2, 0.25) is 11.3 Å². The highest BCUT2D eigenvalue weighted by atomic mass is 35.5. The summed E-state index contributed by atoms with van der Waals surface area (Å²) in [6.45, 7) is 4.85. The van der Waals surface area contributed by atoms with E-state index in [1.165, 1.54) is 37.1 Å². The van der Waals surface area contributed by atoms with Gasteiger partial charge in [0.05, 0.1) is 6.54 Å². The number of nitrogens with zero attached hydrogens (tertiary/aromatic N) is 3. The summed E-state index contributed by atoms with van der Waals surface area (Å²) in [6, 6.07) is 22.0. The summed E-state index contributed by atoms with van der Waals surface area (Å²) in [5, 5.41) is 2.45. The molecule has 3 aliphatic rings. The predicted octanol–water partition coefficient (Wildman–Crippen LogP) is 2.33. The van der Waals surface area contributed by atoms with Crippen molar-refractivity contribution < 1.29 is 17.1 Å². The fourth-order valence-corrected chi connectivity index (χ4v) is 5.49. The molecule has 0 saturated carbocycles. The van der Waals surface area contributed by atoms with Crippen LogP contribution in [0.4, 0.5) is 5.69 Å². The normalized spacial score (nSPS) is 14.5.